The second-order valence-corrected chi connectivity index (χ2v) is 5.06. The van der Waals surface area contributed by atoms with Crippen molar-refractivity contribution in [1.82, 2.24) is 9.78 Å². The van der Waals surface area contributed by atoms with Crippen LogP contribution in [0, 0.1) is 5.82 Å². The van der Waals surface area contributed by atoms with Gasteiger partial charge in [-0.05, 0) is 44.5 Å². The molecule has 0 fully saturated rings. The molecular weight excluding hydrogens is 269 g/mol. The van der Waals surface area contributed by atoms with E-state index in [4.69, 9.17) is 10.5 Å². The second-order valence-electron chi connectivity index (χ2n) is 5.06. The minimum atomic E-state index is -0.304. The molecule has 1 aromatic carbocycles. The molecule has 5 heteroatoms. The summed E-state index contributed by atoms with van der Waals surface area (Å²) in [6.45, 7) is 7.12. The summed E-state index contributed by atoms with van der Waals surface area (Å²) in [6, 6.07) is 6.20. The van der Waals surface area contributed by atoms with Crippen LogP contribution in [0.5, 0.6) is 5.75 Å². The van der Waals surface area contributed by atoms with Crippen LogP contribution in [0.1, 0.15) is 43.8 Å². The summed E-state index contributed by atoms with van der Waals surface area (Å²) in [7, 11) is 0. The molecule has 0 bridgehead atoms. The number of hydrogen-bond donors (Lipinski definition) is 1. The van der Waals surface area contributed by atoms with E-state index in [9.17, 15) is 4.39 Å². The van der Waals surface area contributed by atoms with Crippen LogP contribution in [0.2, 0.25) is 0 Å². The molecule has 21 heavy (non-hydrogen) atoms. The Bertz CT molecular complexity index is 608. The van der Waals surface area contributed by atoms with E-state index in [0.29, 0.717) is 17.9 Å². The Morgan fingerprint density at radius 2 is 2.10 bits per heavy atom. The molecule has 1 heterocycles. The highest BCUT2D eigenvalue weighted by atomic mass is 19.1. The van der Waals surface area contributed by atoms with Crippen molar-refractivity contribution in [3.05, 3.63) is 47.0 Å². The van der Waals surface area contributed by atoms with E-state index < -0.39 is 0 Å². The molecule has 0 saturated carbocycles. The smallest absolute Gasteiger partial charge is 0.130 e. The van der Waals surface area contributed by atoms with Gasteiger partial charge in [-0.15, -0.1) is 0 Å². The lowest BCUT2D eigenvalue weighted by Crippen LogP contribution is -2.10. The fourth-order valence-electron chi connectivity index (χ4n) is 2.24. The molecule has 1 unspecified atom stereocenters. The Morgan fingerprint density at radius 1 is 1.33 bits per heavy atom. The summed E-state index contributed by atoms with van der Waals surface area (Å²) >= 11 is 0. The first-order chi connectivity index (χ1) is 10.0. The monoisotopic (exact) mass is 291 g/mol. The van der Waals surface area contributed by atoms with E-state index in [-0.39, 0.29) is 11.9 Å². The Labute approximate surface area is 124 Å². The first-order valence-corrected chi connectivity index (χ1v) is 7.28. The molecule has 0 radical (unpaired) electrons. The van der Waals surface area contributed by atoms with Gasteiger partial charge in [0.25, 0.3) is 0 Å². The molecule has 1 aromatic heterocycles. The maximum absolute atomic E-state index is 13.3. The molecule has 4 nitrogen and oxygen atoms in total. The van der Waals surface area contributed by atoms with Crippen molar-refractivity contribution in [1.29, 1.82) is 0 Å². The minimum absolute atomic E-state index is 0.280. The number of halogens is 1. The number of benzene rings is 1. The highest BCUT2D eigenvalue weighted by Gasteiger charge is 2.12. The Kier molecular flexibility index (Phi) is 4.96. The van der Waals surface area contributed by atoms with Crippen LogP contribution < -0.4 is 10.5 Å². The first-order valence-electron chi connectivity index (χ1n) is 7.28. The van der Waals surface area contributed by atoms with Crippen molar-refractivity contribution in [2.75, 3.05) is 0 Å². The van der Waals surface area contributed by atoms with Gasteiger partial charge in [0.2, 0.25) is 0 Å². The zero-order chi connectivity index (χ0) is 15.4. The van der Waals surface area contributed by atoms with Crippen molar-refractivity contribution in [3.63, 3.8) is 0 Å². The molecule has 2 aromatic rings. The number of ether oxygens (including phenoxy) is 1. The van der Waals surface area contributed by atoms with E-state index in [1.165, 1.54) is 12.1 Å². The minimum Gasteiger partial charge on any atom is -0.487 e. The maximum Gasteiger partial charge on any atom is 0.130 e. The van der Waals surface area contributed by atoms with Gasteiger partial charge >= 0.3 is 0 Å². The lowest BCUT2D eigenvalue weighted by atomic mass is 10.1. The fraction of sp³-hybridized carbons (Fsp3) is 0.438. The van der Waals surface area contributed by atoms with Gasteiger partial charge in [0.05, 0.1) is 11.4 Å². The number of rotatable bonds is 6. The van der Waals surface area contributed by atoms with E-state index >= 15 is 0 Å². The molecule has 0 spiro atoms. The topological polar surface area (TPSA) is 53.1 Å². The SMILES string of the molecule is CCc1cc(COc2ccc(F)cc2C(C)N)n(CC)n1. The Balaban J connectivity index is 2.18. The molecule has 1 atom stereocenters. The average Bonchev–Trinajstić information content (AvgIpc) is 2.88. The highest BCUT2D eigenvalue weighted by molar-refractivity contribution is 5.36. The third kappa shape index (κ3) is 3.61. The quantitative estimate of drug-likeness (QED) is 0.889. The normalized spacial score (nSPS) is 12.4. The van der Waals surface area contributed by atoms with Gasteiger partial charge < -0.3 is 10.5 Å². The number of hydrogen-bond acceptors (Lipinski definition) is 3. The molecule has 0 saturated heterocycles. The fourth-order valence-corrected chi connectivity index (χ4v) is 2.24. The van der Waals surface area contributed by atoms with Gasteiger partial charge in [-0.25, -0.2) is 4.39 Å². The predicted octanol–water partition coefficient (Wildman–Crippen LogP) is 3.20. The molecule has 2 N–H and O–H groups in total. The Hall–Kier alpha value is -1.88. The molecule has 114 valence electrons. The molecule has 2 rings (SSSR count). The van der Waals surface area contributed by atoms with Crippen LogP contribution in [-0.2, 0) is 19.6 Å². The van der Waals surface area contributed by atoms with Crippen molar-refractivity contribution >= 4 is 0 Å². The lowest BCUT2D eigenvalue weighted by molar-refractivity contribution is 0.287. The summed E-state index contributed by atoms with van der Waals surface area (Å²) < 4.78 is 21.1. The van der Waals surface area contributed by atoms with E-state index in [1.54, 1.807) is 6.07 Å². The van der Waals surface area contributed by atoms with Crippen molar-refractivity contribution in [3.8, 4) is 5.75 Å². The van der Waals surface area contributed by atoms with Gasteiger partial charge in [0.1, 0.15) is 18.2 Å². The number of nitrogens with zero attached hydrogens (tertiary/aromatic N) is 2. The second kappa shape index (κ2) is 6.72. The largest absolute Gasteiger partial charge is 0.487 e. The molecule has 0 aliphatic heterocycles. The third-order valence-electron chi connectivity index (χ3n) is 3.41. The van der Waals surface area contributed by atoms with Crippen LogP contribution in [0.15, 0.2) is 24.3 Å². The molecule has 0 aliphatic rings. The highest BCUT2D eigenvalue weighted by Crippen LogP contribution is 2.25. The third-order valence-corrected chi connectivity index (χ3v) is 3.41. The summed E-state index contributed by atoms with van der Waals surface area (Å²) in [5.41, 5.74) is 8.60. The average molecular weight is 291 g/mol. The van der Waals surface area contributed by atoms with E-state index in [2.05, 4.69) is 12.0 Å². The van der Waals surface area contributed by atoms with Gasteiger partial charge in [0, 0.05) is 18.2 Å². The summed E-state index contributed by atoms with van der Waals surface area (Å²) in [6.07, 6.45) is 0.891. The van der Waals surface area contributed by atoms with Crippen molar-refractivity contribution in [2.24, 2.45) is 5.73 Å². The standard InChI is InChI=1S/C16H22FN3O/c1-4-13-9-14(20(5-2)19-13)10-21-16-7-6-12(17)8-15(16)11(3)18/h6-9,11H,4-5,10,18H2,1-3H3. The van der Waals surface area contributed by atoms with Crippen LogP contribution >= 0.6 is 0 Å². The van der Waals surface area contributed by atoms with Gasteiger partial charge in [-0.3, -0.25) is 4.68 Å². The zero-order valence-corrected chi connectivity index (χ0v) is 12.8. The van der Waals surface area contributed by atoms with E-state index in [1.807, 2.05) is 24.6 Å². The van der Waals surface area contributed by atoms with Crippen LogP contribution in [-0.4, -0.2) is 9.78 Å². The number of aromatic nitrogens is 2. The summed E-state index contributed by atoms with van der Waals surface area (Å²) in [5, 5.41) is 4.48. The zero-order valence-electron chi connectivity index (χ0n) is 12.8. The molecular formula is C16H22FN3O. The maximum atomic E-state index is 13.3. The van der Waals surface area contributed by atoms with E-state index in [0.717, 1.165) is 24.4 Å². The number of aryl methyl sites for hydroxylation is 2. The van der Waals surface area contributed by atoms with Crippen LogP contribution in [0.4, 0.5) is 4.39 Å². The summed E-state index contributed by atoms with van der Waals surface area (Å²) in [5.74, 6) is 0.315. The van der Waals surface area contributed by atoms with Crippen molar-refractivity contribution in [2.45, 2.75) is 46.4 Å². The summed E-state index contributed by atoms with van der Waals surface area (Å²) in [4.78, 5) is 0. The molecule has 0 amide bonds. The lowest BCUT2D eigenvalue weighted by Gasteiger charge is -2.14. The van der Waals surface area contributed by atoms with Crippen molar-refractivity contribution < 1.29 is 9.13 Å². The number of nitrogens with two attached hydrogens (primary N) is 1. The predicted molar refractivity (Wildman–Crippen MR) is 80.6 cm³/mol. The van der Waals surface area contributed by atoms with Crippen LogP contribution in [0.3, 0.4) is 0 Å². The Morgan fingerprint density at radius 3 is 2.71 bits per heavy atom. The van der Waals surface area contributed by atoms with Gasteiger partial charge in [-0.1, -0.05) is 6.92 Å². The first kappa shape index (κ1) is 15.5. The molecule has 0 aliphatic carbocycles. The van der Waals surface area contributed by atoms with Crippen LogP contribution in [0.25, 0.3) is 0 Å². The van der Waals surface area contributed by atoms with Gasteiger partial charge in [-0.2, -0.15) is 5.10 Å². The van der Waals surface area contributed by atoms with Gasteiger partial charge in [0.15, 0.2) is 0 Å².